The van der Waals surface area contributed by atoms with Crippen molar-refractivity contribution in [3.63, 3.8) is 0 Å². The summed E-state index contributed by atoms with van der Waals surface area (Å²) in [6.45, 7) is 5.70. The molecular weight excluding hydrogens is 222 g/mol. The van der Waals surface area contributed by atoms with Crippen LogP contribution in [0, 0.1) is 12.8 Å². The van der Waals surface area contributed by atoms with E-state index >= 15 is 0 Å². The number of nitrogen functional groups attached to an aromatic ring is 1. The number of piperidine rings is 1. The Balaban J connectivity index is 2.01. The number of anilines is 2. The van der Waals surface area contributed by atoms with E-state index in [9.17, 15) is 0 Å². The van der Waals surface area contributed by atoms with Crippen molar-refractivity contribution >= 4 is 11.4 Å². The third-order valence-electron chi connectivity index (χ3n) is 4.02. The molecule has 1 aromatic rings. The van der Waals surface area contributed by atoms with Gasteiger partial charge < -0.3 is 15.5 Å². The molecule has 2 N–H and O–H groups in total. The van der Waals surface area contributed by atoms with Gasteiger partial charge in [-0.25, -0.2) is 0 Å². The summed E-state index contributed by atoms with van der Waals surface area (Å²) in [4.78, 5) is 4.75. The van der Waals surface area contributed by atoms with Crippen LogP contribution in [-0.4, -0.2) is 38.6 Å². The molecule has 0 unspecified atom stereocenters. The molecule has 0 saturated carbocycles. The van der Waals surface area contributed by atoms with Crippen LogP contribution in [0.5, 0.6) is 0 Å². The molecule has 3 nitrogen and oxygen atoms in total. The standard InChI is InChI=1S/C15H25N3/c1-12-5-4-6-14(16)15(12)18(3)11-13-7-9-17(2)10-8-13/h4-6,13H,7-11,16H2,1-3H3. The van der Waals surface area contributed by atoms with E-state index in [1.54, 1.807) is 0 Å². The summed E-state index contributed by atoms with van der Waals surface area (Å²) in [5.41, 5.74) is 9.47. The molecule has 1 saturated heterocycles. The Morgan fingerprint density at radius 1 is 1.33 bits per heavy atom. The minimum absolute atomic E-state index is 0.796. The monoisotopic (exact) mass is 247 g/mol. The number of likely N-dealkylation sites (tertiary alicyclic amines) is 1. The van der Waals surface area contributed by atoms with Crippen LogP contribution in [0.3, 0.4) is 0 Å². The minimum Gasteiger partial charge on any atom is -0.397 e. The van der Waals surface area contributed by atoms with Crippen molar-refractivity contribution in [2.45, 2.75) is 19.8 Å². The largest absolute Gasteiger partial charge is 0.397 e. The fraction of sp³-hybridized carbons (Fsp3) is 0.600. The quantitative estimate of drug-likeness (QED) is 0.832. The first-order valence-corrected chi connectivity index (χ1v) is 6.82. The van der Waals surface area contributed by atoms with E-state index < -0.39 is 0 Å². The summed E-state index contributed by atoms with van der Waals surface area (Å²) >= 11 is 0. The van der Waals surface area contributed by atoms with Gasteiger partial charge in [-0.05, 0) is 57.5 Å². The number of hydrogen-bond donors (Lipinski definition) is 1. The predicted molar refractivity (Wildman–Crippen MR) is 79.1 cm³/mol. The number of nitrogens with zero attached hydrogens (tertiary/aromatic N) is 2. The normalized spacial score (nSPS) is 17.9. The summed E-state index contributed by atoms with van der Waals surface area (Å²) in [6.07, 6.45) is 2.60. The lowest BCUT2D eigenvalue weighted by Gasteiger charge is -2.33. The first kappa shape index (κ1) is 13.2. The van der Waals surface area contributed by atoms with Crippen LogP contribution < -0.4 is 10.6 Å². The lowest BCUT2D eigenvalue weighted by molar-refractivity contribution is 0.222. The third kappa shape index (κ3) is 2.96. The Morgan fingerprint density at radius 3 is 2.61 bits per heavy atom. The van der Waals surface area contributed by atoms with Crippen LogP contribution in [0.1, 0.15) is 18.4 Å². The molecule has 1 fully saturated rings. The van der Waals surface area contributed by atoms with Crippen molar-refractivity contribution in [2.75, 3.05) is 44.4 Å². The fourth-order valence-electron chi connectivity index (χ4n) is 2.93. The molecule has 100 valence electrons. The van der Waals surface area contributed by atoms with Gasteiger partial charge in [0, 0.05) is 13.6 Å². The van der Waals surface area contributed by atoms with Crippen molar-refractivity contribution < 1.29 is 0 Å². The molecule has 0 atom stereocenters. The maximum absolute atomic E-state index is 6.10. The molecule has 2 rings (SSSR count). The molecular formula is C15H25N3. The molecule has 0 aliphatic carbocycles. The Bertz CT molecular complexity index is 374. The molecule has 1 aliphatic heterocycles. The highest BCUT2D eigenvalue weighted by Crippen LogP contribution is 2.28. The van der Waals surface area contributed by atoms with Crippen molar-refractivity contribution in [1.82, 2.24) is 4.90 Å². The second kappa shape index (κ2) is 5.61. The van der Waals surface area contributed by atoms with E-state index in [-0.39, 0.29) is 0 Å². The summed E-state index contributed by atoms with van der Waals surface area (Å²) in [5.74, 6) is 0.796. The van der Waals surface area contributed by atoms with Crippen LogP contribution in [0.25, 0.3) is 0 Å². The first-order valence-electron chi connectivity index (χ1n) is 6.82. The Hall–Kier alpha value is -1.22. The topological polar surface area (TPSA) is 32.5 Å². The maximum atomic E-state index is 6.10. The predicted octanol–water partition coefficient (Wildman–Crippen LogP) is 2.36. The zero-order valence-corrected chi connectivity index (χ0v) is 11.8. The summed E-state index contributed by atoms with van der Waals surface area (Å²) in [5, 5.41) is 0. The van der Waals surface area contributed by atoms with Crippen LogP contribution >= 0.6 is 0 Å². The Morgan fingerprint density at radius 2 is 2.00 bits per heavy atom. The maximum Gasteiger partial charge on any atom is 0.0627 e. The number of aryl methyl sites for hydroxylation is 1. The molecule has 0 aromatic heterocycles. The van der Waals surface area contributed by atoms with Crippen LogP contribution in [0.4, 0.5) is 11.4 Å². The Labute approximate surface area is 111 Å². The van der Waals surface area contributed by atoms with Gasteiger partial charge in [0.05, 0.1) is 11.4 Å². The minimum atomic E-state index is 0.796. The average Bonchev–Trinajstić information content (AvgIpc) is 2.32. The molecule has 1 aromatic carbocycles. The van der Waals surface area contributed by atoms with E-state index in [4.69, 9.17) is 5.73 Å². The van der Waals surface area contributed by atoms with Crippen molar-refractivity contribution in [1.29, 1.82) is 0 Å². The van der Waals surface area contributed by atoms with E-state index in [1.807, 2.05) is 12.1 Å². The van der Waals surface area contributed by atoms with Gasteiger partial charge in [-0.3, -0.25) is 0 Å². The molecule has 0 amide bonds. The molecule has 1 aliphatic rings. The molecule has 18 heavy (non-hydrogen) atoms. The number of benzene rings is 1. The van der Waals surface area contributed by atoms with Gasteiger partial charge in [-0.1, -0.05) is 12.1 Å². The van der Waals surface area contributed by atoms with Gasteiger partial charge in [-0.2, -0.15) is 0 Å². The zero-order valence-electron chi connectivity index (χ0n) is 11.8. The number of rotatable bonds is 3. The SMILES string of the molecule is Cc1cccc(N)c1N(C)CC1CCN(C)CC1. The lowest BCUT2D eigenvalue weighted by atomic mass is 9.96. The molecule has 1 heterocycles. The van der Waals surface area contributed by atoms with Crippen LogP contribution in [0.15, 0.2) is 18.2 Å². The van der Waals surface area contributed by atoms with E-state index in [2.05, 4.69) is 36.9 Å². The molecule has 0 radical (unpaired) electrons. The van der Waals surface area contributed by atoms with Crippen molar-refractivity contribution in [3.05, 3.63) is 23.8 Å². The summed E-state index contributed by atoms with van der Waals surface area (Å²) in [6, 6.07) is 6.15. The van der Waals surface area contributed by atoms with E-state index in [0.717, 1.165) is 18.2 Å². The number of nitrogens with two attached hydrogens (primary N) is 1. The van der Waals surface area contributed by atoms with Gasteiger partial charge in [0.2, 0.25) is 0 Å². The summed E-state index contributed by atoms with van der Waals surface area (Å²) < 4.78 is 0. The first-order chi connectivity index (χ1) is 8.58. The van der Waals surface area contributed by atoms with Crippen molar-refractivity contribution in [2.24, 2.45) is 5.92 Å². The Kier molecular flexibility index (Phi) is 4.12. The highest BCUT2D eigenvalue weighted by atomic mass is 15.1. The van der Waals surface area contributed by atoms with Crippen molar-refractivity contribution in [3.8, 4) is 0 Å². The molecule has 3 heteroatoms. The zero-order chi connectivity index (χ0) is 13.1. The highest BCUT2D eigenvalue weighted by Gasteiger charge is 2.19. The van der Waals surface area contributed by atoms with Gasteiger partial charge in [0.15, 0.2) is 0 Å². The van der Waals surface area contributed by atoms with Gasteiger partial charge in [0.1, 0.15) is 0 Å². The van der Waals surface area contributed by atoms with Gasteiger partial charge in [0.25, 0.3) is 0 Å². The van der Waals surface area contributed by atoms with Crippen LogP contribution in [-0.2, 0) is 0 Å². The number of para-hydroxylation sites is 1. The summed E-state index contributed by atoms with van der Waals surface area (Å²) in [7, 11) is 4.37. The highest BCUT2D eigenvalue weighted by molar-refractivity contribution is 5.71. The third-order valence-corrected chi connectivity index (χ3v) is 4.02. The molecule has 0 spiro atoms. The lowest BCUT2D eigenvalue weighted by Crippen LogP contribution is -2.36. The van der Waals surface area contributed by atoms with E-state index in [0.29, 0.717) is 0 Å². The second-order valence-electron chi connectivity index (χ2n) is 5.64. The van der Waals surface area contributed by atoms with Gasteiger partial charge in [-0.15, -0.1) is 0 Å². The van der Waals surface area contributed by atoms with E-state index in [1.165, 1.54) is 37.2 Å². The van der Waals surface area contributed by atoms with Gasteiger partial charge >= 0.3 is 0 Å². The fourth-order valence-corrected chi connectivity index (χ4v) is 2.93. The second-order valence-corrected chi connectivity index (χ2v) is 5.64. The van der Waals surface area contributed by atoms with Crippen LogP contribution in [0.2, 0.25) is 0 Å². The molecule has 0 bridgehead atoms. The smallest absolute Gasteiger partial charge is 0.0627 e. The number of hydrogen-bond acceptors (Lipinski definition) is 3. The average molecular weight is 247 g/mol.